The van der Waals surface area contributed by atoms with Crippen LogP contribution in [0.15, 0.2) is 45.5 Å². The molecule has 1 heterocycles. The van der Waals surface area contributed by atoms with Crippen LogP contribution in [0.3, 0.4) is 0 Å². The average molecular weight is 354 g/mol. The number of rotatable bonds is 6. The summed E-state index contributed by atoms with van der Waals surface area (Å²) in [5.41, 5.74) is 2.58. The Kier molecular flexibility index (Phi) is 5.73. The summed E-state index contributed by atoms with van der Waals surface area (Å²) in [6, 6.07) is 11.9. The van der Waals surface area contributed by atoms with Crippen LogP contribution in [0.2, 0.25) is 0 Å². The van der Waals surface area contributed by atoms with Crippen LogP contribution in [0.25, 0.3) is 0 Å². The summed E-state index contributed by atoms with van der Waals surface area (Å²) in [6.07, 6.45) is 0. The monoisotopic (exact) mass is 353 g/mol. The first kappa shape index (κ1) is 15.2. The number of aryl methyl sites for hydroxylation is 1. The minimum absolute atomic E-state index is 0.174. The first-order chi connectivity index (χ1) is 9.65. The van der Waals surface area contributed by atoms with Gasteiger partial charge in [0.05, 0.1) is 0 Å². The molecule has 0 aliphatic heterocycles. The van der Waals surface area contributed by atoms with Gasteiger partial charge in [0.15, 0.2) is 10.4 Å². The van der Waals surface area contributed by atoms with Crippen LogP contribution in [0.5, 0.6) is 0 Å². The van der Waals surface area contributed by atoms with Gasteiger partial charge in [0, 0.05) is 18.1 Å². The Hall–Kier alpha value is -1.20. The van der Waals surface area contributed by atoms with Gasteiger partial charge in [-0.3, -0.25) is 4.79 Å². The van der Waals surface area contributed by atoms with Gasteiger partial charge in [-0.05, 0) is 40.5 Å². The zero-order valence-corrected chi connectivity index (χ0v) is 13.6. The molecule has 1 aromatic carbocycles. The molecule has 0 unspecified atom stereocenters. The summed E-state index contributed by atoms with van der Waals surface area (Å²) in [7, 11) is 0. The molecule has 5 heteroatoms. The Bertz CT molecular complexity index is 566. The number of furan rings is 1. The molecule has 3 nitrogen and oxygen atoms in total. The molecule has 0 bridgehead atoms. The smallest absolute Gasteiger partial charge is 0.287 e. The molecular formula is C15H16BrNO2S. The highest BCUT2D eigenvalue weighted by atomic mass is 79.9. The SMILES string of the molecule is Cc1ccc(CSCCNC(=O)c2ccc(Br)o2)cc1. The maximum absolute atomic E-state index is 11.7. The van der Waals surface area contributed by atoms with E-state index in [0.717, 1.165) is 11.5 Å². The van der Waals surface area contributed by atoms with E-state index in [4.69, 9.17) is 4.42 Å². The van der Waals surface area contributed by atoms with Gasteiger partial charge in [0.2, 0.25) is 0 Å². The van der Waals surface area contributed by atoms with E-state index in [1.54, 1.807) is 23.9 Å². The zero-order valence-electron chi connectivity index (χ0n) is 11.2. The third-order valence-electron chi connectivity index (χ3n) is 2.72. The fraction of sp³-hybridized carbons (Fsp3) is 0.267. The summed E-state index contributed by atoms with van der Waals surface area (Å²) < 4.78 is 5.75. The maximum atomic E-state index is 11.7. The van der Waals surface area contributed by atoms with Crippen molar-refractivity contribution in [2.45, 2.75) is 12.7 Å². The Labute approximate surface area is 131 Å². The average Bonchev–Trinajstić information content (AvgIpc) is 2.87. The van der Waals surface area contributed by atoms with Gasteiger partial charge in [0.25, 0.3) is 5.91 Å². The lowest BCUT2D eigenvalue weighted by Gasteiger charge is -2.04. The number of hydrogen-bond donors (Lipinski definition) is 1. The van der Waals surface area contributed by atoms with E-state index < -0.39 is 0 Å². The van der Waals surface area contributed by atoms with E-state index in [1.807, 2.05) is 0 Å². The van der Waals surface area contributed by atoms with Crippen LogP contribution < -0.4 is 5.32 Å². The topological polar surface area (TPSA) is 42.2 Å². The normalized spacial score (nSPS) is 10.5. The molecule has 1 aromatic heterocycles. The predicted octanol–water partition coefficient (Wildman–Crippen LogP) is 4.01. The molecule has 0 saturated heterocycles. The molecule has 2 rings (SSSR count). The summed E-state index contributed by atoms with van der Waals surface area (Å²) in [4.78, 5) is 11.7. The molecule has 0 aliphatic rings. The highest BCUT2D eigenvalue weighted by molar-refractivity contribution is 9.10. The molecular weight excluding hydrogens is 338 g/mol. The number of benzene rings is 1. The highest BCUT2D eigenvalue weighted by Crippen LogP contribution is 2.14. The van der Waals surface area contributed by atoms with Crippen LogP contribution in [-0.2, 0) is 5.75 Å². The van der Waals surface area contributed by atoms with Gasteiger partial charge in [-0.25, -0.2) is 0 Å². The molecule has 0 fully saturated rings. The van der Waals surface area contributed by atoms with Crippen molar-refractivity contribution in [1.82, 2.24) is 5.32 Å². The first-order valence-electron chi connectivity index (χ1n) is 6.32. The first-order valence-corrected chi connectivity index (χ1v) is 8.27. The lowest BCUT2D eigenvalue weighted by molar-refractivity contribution is 0.0927. The van der Waals surface area contributed by atoms with Crippen molar-refractivity contribution in [3.05, 3.63) is 58.0 Å². The lowest BCUT2D eigenvalue weighted by atomic mass is 10.2. The van der Waals surface area contributed by atoms with Crippen molar-refractivity contribution in [3.63, 3.8) is 0 Å². The van der Waals surface area contributed by atoms with E-state index in [2.05, 4.69) is 52.4 Å². The largest absolute Gasteiger partial charge is 0.444 e. The molecule has 0 aliphatic carbocycles. The Balaban J connectivity index is 1.64. The Morgan fingerprint density at radius 3 is 2.65 bits per heavy atom. The number of hydrogen-bond acceptors (Lipinski definition) is 3. The van der Waals surface area contributed by atoms with Gasteiger partial charge in [0.1, 0.15) is 0 Å². The van der Waals surface area contributed by atoms with E-state index >= 15 is 0 Å². The quantitative estimate of drug-likeness (QED) is 0.797. The van der Waals surface area contributed by atoms with Crippen molar-refractivity contribution in [1.29, 1.82) is 0 Å². The molecule has 20 heavy (non-hydrogen) atoms. The summed E-state index contributed by atoms with van der Waals surface area (Å²) in [5.74, 6) is 2.00. The summed E-state index contributed by atoms with van der Waals surface area (Å²) >= 11 is 4.97. The van der Waals surface area contributed by atoms with Crippen molar-refractivity contribution < 1.29 is 9.21 Å². The number of halogens is 1. The van der Waals surface area contributed by atoms with E-state index in [1.165, 1.54) is 11.1 Å². The third-order valence-corrected chi connectivity index (χ3v) is 4.17. The number of thioether (sulfide) groups is 1. The molecule has 1 amide bonds. The Morgan fingerprint density at radius 2 is 2.00 bits per heavy atom. The summed E-state index contributed by atoms with van der Waals surface area (Å²) in [6.45, 7) is 2.72. The minimum Gasteiger partial charge on any atom is -0.444 e. The van der Waals surface area contributed by atoms with Gasteiger partial charge in [-0.1, -0.05) is 29.8 Å². The lowest BCUT2D eigenvalue weighted by Crippen LogP contribution is -2.25. The van der Waals surface area contributed by atoms with Crippen LogP contribution in [0.4, 0.5) is 0 Å². The molecule has 0 radical (unpaired) electrons. The van der Waals surface area contributed by atoms with Gasteiger partial charge in [-0.2, -0.15) is 11.8 Å². The fourth-order valence-corrected chi connectivity index (χ4v) is 2.76. The molecule has 0 saturated carbocycles. The van der Waals surface area contributed by atoms with E-state index in [-0.39, 0.29) is 5.91 Å². The van der Waals surface area contributed by atoms with Gasteiger partial charge >= 0.3 is 0 Å². The predicted molar refractivity (Wildman–Crippen MR) is 86.1 cm³/mol. The number of carbonyl (C=O) groups excluding carboxylic acids is 1. The van der Waals surface area contributed by atoms with E-state index in [9.17, 15) is 4.79 Å². The van der Waals surface area contributed by atoms with Crippen molar-refractivity contribution in [2.75, 3.05) is 12.3 Å². The molecule has 1 N–H and O–H groups in total. The number of carbonyl (C=O) groups is 1. The standard InChI is InChI=1S/C15H16BrNO2S/c1-11-2-4-12(5-3-11)10-20-9-8-17-15(18)13-6-7-14(16)19-13/h2-7H,8-10H2,1H3,(H,17,18). The third kappa shape index (κ3) is 4.72. The fourth-order valence-electron chi connectivity index (χ4n) is 1.63. The second-order valence-electron chi connectivity index (χ2n) is 4.40. The molecule has 106 valence electrons. The molecule has 0 spiro atoms. The second-order valence-corrected chi connectivity index (χ2v) is 6.28. The van der Waals surface area contributed by atoms with Crippen molar-refractivity contribution in [3.8, 4) is 0 Å². The summed E-state index contributed by atoms with van der Waals surface area (Å²) in [5, 5.41) is 2.83. The van der Waals surface area contributed by atoms with Crippen LogP contribution in [-0.4, -0.2) is 18.2 Å². The van der Waals surface area contributed by atoms with Crippen LogP contribution >= 0.6 is 27.7 Å². The maximum Gasteiger partial charge on any atom is 0.287 e. The van der Waals surface area contributed by atoms with Crippen molar-refractivity contribution >= 4 is 33.6 Å². The van der Waals surface area contributed by atoms with Gasteiger partial charge in [-0.15, -0.1) is 0 Å². The van der Waals surface area contributed by atoms with Crippen molar-refractivity contribution in [2.24, 2.45) is 0 Å². The zero-order chi connectivity index (χ0) is 14.4. The number of nitrogens with one attached hydrogen (secondary N) is 1. The number of amides is 1. The van der Waals surface area contributed by atoms with Crippen LogP contribution in [0, 0.1) is 6.92 Å². The highest BCUT2D eigenvalue weighted by Gasteiger charge is 2.08. The minimum atomic E-state index is -0.174. The molecule has 2 aromatic rings. The molecule has 0 atom stereocenters. The van der Waals surface area contributed by atoms with E-state index in [0.29, 0.717) is 17.0 Å². The van der Waals surface area contributed by atoms with Crippen LogP contribution in [0.1, 0.15) is 21.7 Å². The Morgan fingerprint density at radius 1 is 1.25 bits per heavy atom. The van der Waals surface area contributed by atoms with Gasteiger partial charge < -0.3 is 9.73 Å². The second kappa shape index (κ2) is 7.55.